The fourth-order valence-corrected chi connectivity index (χ4v) is 7.97. The number of carboxylic acids is 1. The second kappa shape index (κ2) is 15.7. The number of aliphatic hydroxyl groups is 6. The Hall–Kier alpha value is -5.26. The Balaban J connectivity index is 1.36. The molecule has 2 heterocycles. The average molecular weight is 828 g/mol. The number of rotatable bonds is 9. The van der Waals surface area contributed by atoms with Crippen LogP contribution in [0.4, 0.5) is 0 Å². The van der Waals surface area contributed by atoms with Crippen molar-refractivity contribution in [2.24, 2.45) is 0 Å². The predicted molar refractivity (Wildman–Crippen MR) is 194 cm³/mol. The molecule has 20 nitrogen and oxygen atoms in total. The topological polar surface area (TPSA) is 329 Å². The number of phenolic OH excluding ortho intramolecular Hbond substituents is 3. The van der Waals surface area contributed by atoms with Crippen molar-refractivity contribution < 1.29 is 93.9 Å². The number of benzene rings is 3. The number of hydrogen-bond acceptors (Lipinski definition) is 18. The van der Waals surface area contributed by atoms with Crippen LogP contribution in [-0.4, -0.2) is 150 Å². The highest BCUT2D eigenvalue weighted by molar-refractivity contribution is 6.31. The lowest BCUT2D eigenvalue weighted by Crippen LogP contribution is -2.57. The van der Waals surface area contributed by atoms with Gasteiger partial charge in [-0.1, -0.05) is 6.07 Å². The first-order chi connectivity index (χ1) is 27.9. The van der Waals surface area contributed by atoms with Gasteiger partial charge in [-0.2, -0.15) is 0 Å². The van der Waals surface area contributed by atoms with Crippen LogP contribution >= 0.6 is 0 Å². The van der Waals surface area contributed by atoms with Gasteiger partial charge in [-0.05, 0) is 42.7 Å². The van der Waals surface area contributed by atoms with Crippen LogP contribution in [0.1, 0.15) is 84.4 Å². The summed E-state index contributed by atoms with van der Waals surface area (Å²) in [6.07, 6.45) is -15.2. The minimum absolute atomic E-state index is 0.00121. The van der Waals surface area contributed by atoms with Crippen LogP contribution < -0.4 is 10.1 Å². The summed E-state index contributed by atoms with van der Waals surface area (Å²) in [6, 6.07) is 2.76. The van der Waals surface area contributed by atoms with E-state index in [1.165, 1.54) is 26.2 Å². The number of carbonyl (C=O) groups is 4. The van der Waals surface area contributed by atoms with Gasteiger partial charge in [0.25, 0.3) is 5.91 Å². The number of ether oxygens (including phenoxy) is 5. The summed E-state index contributed by atoms with van der Waals surface area (Å²) >= 11 is 0. The molecular weight excluding hydrogens is 786 g/mol. The van der Waals surface area contributed by atoms with Gasteiger partial charge in [-0.15, -0.1) is 0 Å². The summed E-state index contributed by atoms with van der Waals surface area (Å²) in [5.74, 6) is -7.13. The maximum absolute atomic E-state index is 14.0. The van der Waals surface area contributed by atoms with Crippen molar-refractivity contribution in [1.82, 2.24) is 5.32 Å². The van der Waals surface area contributed by atoms with Crippen LogP contribution in [0.2, 0.25) is 0 Å². The number of carboxylic acid groups (broad SMARTS) is 1. The van der Waals surface area contributed by atoms with Gasteiger partial charge >= 0.3 is 5.97 Å². The Bertz CT molecular complexity index is 2240. The van der Waals surface area contributed by atoms with E-state index in [9.17, 15) is 70.2 Å². The van der Waals surface area contributed by atoms with Gasteiger partial charge in [0, 0.05) is 34.7 Å². The fraction of sp³-hybridized carbons (Fsp3) is 0.436. The number of fused-ring (bicyclic) bond motifs is 5. The number of carbonyl (C=O) groups excluding carboxylic acids is 3. The van der Waals surface area contributed by atoms with E-state index in [-0.39, 0.29) is 34.4 Å². The Kier molecular flexibility index (Phi) is 11.2. The summed E-state index contributed by atoms with van der Waals surface area (Å²) in [5.41, 5.74) is -3.73. The zero-order valence-electron chi connectivity index (χ0n) is 31.4. The second-order valence-corrected chi connectivity index (χ2v) is 14.7. The molecule has 3 aromatic rings. The molecule has 0 bridgehead atoms. The van der Waals surface area contributed by atoms with E-state index >= 15 is 0 Å². The largest absolute Gasteiger partial charge is 0.507 e. The highest BCUT2D eigenvalue weighted by atomic mass is 16.7. The molecule has 11 atom stereocenters. The van der Waals surface area contributed by atoms with E-state index in [0.29, 0.717) is 0 Å². The van der Waals surface area contributed by atoms with E-state index in [2.05, 4.69) is 5.32 Å². The van der Waals surface area contributed by atoms with Crippen molar-refractivity contribution in [3.63, 3.8) is 0 Å². The van der Waals surface area contributed by atoms with E-state index in [1.54, 1.807) is 6.92 Å². The first-order valence-corrected chi connectivity index (χ1v) is 18.3. The number of aliphatic carboxylic acids is 1. The number of phenols is 3. The molecule has 2 fully saturated rings. The van der Waals surface area contributed by atoms with Crippen molar-refractivity contribution in [3.8, 4) is 34.1 Å². The van der Waals surface area contributed by atoms with E-state index in [4.69, 9.17) is 23.7 Å². The number of aromatic hydroxyl groups is 3. The highest BCUT2D eigenvalue weighted by Gasteiger charge is 2.48. The summed E-state index contributed by atoms with van der Waals surface area (Å²) in [4.78, 5) is 53.2. The van der Waals surface area contributed by atoms with Crippen molar-refractivity contribution in [2.75, 3.05) is 20.3 Å². The van der Waals surface area contributed by atoms with Crippen molar-refractivity contribution in [1.29, 1.82) is 0 Å². The SMILES string of the molecule is COc1cc(O)c2c(c1)C(=O)c1c(cc3c(c1O)-c1c(cc(C)c(C(=O)N[C@H](CO)C(=O)O)c1O)[C@H](O[C@@H]1O[C@H](C)C[C@H](O[C@@H]4OC[C@@H](O)[C@H](O)[C@H]4O)[C@H]1O)[C@H]3O)C2=O. The first-order valence-electron chi connectivity index (χ1n) is 18.3. The molecule has 316 valence electrons. The maximum Gasteiger partial charge on any atom is 0.328 e. The molecule has 59 heavy (non-hydrogen) atoms. The zero-order valence-corrected chi connectivity index (χ0v) is 31.4. The average Bonchev–Trinajstić information content (AvgIpc) is 3.18. The number of amides is 1. The molecule has 2 aliphatic carbocycles. The van der Waals surface area contributed by atoms with E-state index in [1.807, 2.05) is 0 Å². The Morgan fingerprint density at radius 1 is 0.847 bits per heavy atom. The Morgan fingerprint density at radius 2 is 1.51 bits per heavy atom. The number of nitrogens with one attached hydrogen (secondary N) is 1. The van der Waals surface area contributed by atoms with Crippen LogP contribution in [0, 0.1) is 6.92 Å². The quantitative estimate of drug-likeness (QED) is 0.0980. The third-order valence-electron chi connectivity index (χ3n) is 10.9. The van der Waals surface area contributed by atoms with Crippen molar-refractivity contribution >= 4 is 23.4 Å². The molecule has 0 radical (unpaired) electrons. The molecule has 2 saturated heterocycles. The molecule has 0 unspecified atom stereocenters. The molecule has 7 rings (SSSR count). The molecule has 3 aromatic carbocycles. The first kappa shape index (κ1) is 41.9. The number of aliphatic hydroxyl groups excluding tert-OH is 6. The lowest BCUT2D eigenvalue weighted by atomic mass is 9.74. The monoisotopic (exact) mass is 827 g/mol. The van der Waals surface area contributed by atoms with Crippen LogP contribution in [-0.2, 0) is 23.7 Å². The number of hydrogen-bond donors (Lipinski definition) is 11. The molecule has 0 aromatic heterocycles. The summed E-state index contributed by atoms with van der Waals surface area (Å²) in [7, 11) is 1.25. The third-order valence-corrected chi connectivity index (χ3v) is 10.9. The lowest BCUT2D eigenvalue weighted by molar-refractivity contribution is -0.333. The van der Waals surface area contributed by atoms with Gasteiger partial charge < -0.3 is 80.1 Å². The lowest BCUT2D eigenvalue weighted by Gasteiger charge is -2.44. The molecule has 4 aliphatic rings. The second-order valence-electron chi connectivity index (χ2n) is 14.7. The van der Waals surface area contributed by atoms with Crippen LogP contribution in [0.3, 0.4) is 0 Å². The molecule has 2 aliphatic heterocycles. The number of ketones is 2. The van der Waals surface area contributed by atoms with Crippen LogP contribution in [0.25, 0.3) is 11.1 Å². The van der Waals surface area contributed by atoms with Crippen molar-refractivity contribution in [3.05, 3.63) is 68.8 Å². The van der Waals surface area contributed by atoms with Gasteiger partial charge in [-0.3, -0.25) is 14.4 Å². The van der Waals surface area contributed by atoms with Crippen LogP contribution in [0.5, 0.6) is 23.0 Å². The molecule has 0 spiro atoms. The zero-order chi connectivity index (χ0) is 42.9. The van der Waals surface area contributed by atoms with Gasteiger partial charge in [0.05, 0.1) is 49.2 Å². The smallest absolute Gasteiger partial charge is 0.328 e. The third kappa shape index (κ3) is 6.95. The summed E-state index contributed by atoms with van der Waals surface area (Å²) in [5, 5.41) is 110. The number of aryl methyl sites for hydroxylation is 1. The summed E-state index contributed by atoms with van der Waals surface area (Å²) in [6.45, 7) is 1.51. The van der Waals surface area contributed by atoms with Gasteiger partial charge in [0.15, 0.2) is 30.2 Å². The minimum atomic E-state index is -1.90. The van der Waals surface area contributed by atoms with E-state index < -0.39 is 155 Å². The van der Waals surface area contributed by atoms with Gasteiger partial charge in [0.2, 0.25) is 0 Å². The van der Waals surface area contributed by atoms with Gasteiger partial charge in [-0.25, -0.2) is 4.79 Å². The molecule has 0 saturated carbocycles. The Labute approximate surface area is 333 Å². The van der Waals surface area contributed by atoms with E-state index in [0.717, 1.165) is 12.1 Å². The molecule has 11 N–H and O–H groups in total. The Morgan fingerprint density at radius 3 is 2.17 bits per heavy atom. The molecule has 20 heteroatoms. The van der Waals surface area contributed by atoms with Gasteiger partial charge in [0.1, 0.15) is 59.6 Å². The normalized spacial score (nSPS) is 29.1. The standard InChI is InChI=1S/C39H41NO19/c1-11-4-17-25(32(49)22(11)36(52)40-18(9-41)37(53)54)24-15(8-16-26(33(24)50)28(45)14-6-13(55-3)7-19(42)23(14)27(16)44)29(46)35(17)59-39-31(48)21(5-12(2)57-39)58-38-34(51)30(47)20(43)10-56-38/h4,6-8,12,18,20-21,29-31,34-35,38-39,41-43,46-51H,5,9-10H2,1-3H3,(H,40,52)(H,53,54)/t12-,18-,20-,21+,29+,30+,31-,34-,35+,38+,39+/m1/s1. The summed E-state index contributed by atoms with van der Waals surface area (Å²) < 4.78 is 28.5. The minimum Gasteiger partial charge on any atom is -0.507 e. The molecular formula is C39H41NO19. The molecule has 1 amide bonds. The van der Waals surface area contributed by atoms with Crippen molar-refractivity contribution in [2.45, 2.75) is 87.7 Å². The number of methoxy groups -OCH3 is 1. The van der Waals surface area contributed by atoms with Crippen LogP contribution in [0.15, 0.2) is 24.3 Å². The fourth-order valence-electron chi connectivity index (χ4n) is 7.97. The maximum atomic E-state index is 14.0. The predicted octanol–water partition coefficient (Wildman–Crippen LogP) is -0.837. The highest BCUT2D eigenvalue weighted by Crippen LogP contribution is 2.57.